The van der Waals surface area contributed by atoms with Gasteiger partial charge in [0.05, 0.1) is 0 Å². The maximum absolute atomic E-state index is 12.6. The standard InChI is InChI=1S/C16H22N4O2/c1-11(2)8-13-9-14(19-22-13)16(21)20-7-3-4-12(10-20)15-17-5-6-18-15/h5-6,9,11-12H,3-4,7-8,10H2,1-2H3,(H,17,18)/t12-/m1/s1. The molecule has 0 aromatic carbocycles. The van der Waals surface area contributed by atoms with Crippen LogP contribution in [0.5, 0.6) is 0 Å². The zero-order valence-electron chi connectivity index (χ0n) is 13.1. The van der Waals surface area contributed by atoms with Crippen molar-refractivity contribution < 1.29 is 9.32 Å². The first-order valence-corrected chi connectivity index (χ1v) is 7.87. The number of hydrogen-bond donors (Lipinski definition) is 1. The van der Waals surface area contributed by atoms with Crippen molar-refractivity contribution in [2.75, 3.05) is 13.1 Å². The van der Waals surface area contributed by atoms with Gasteiger partial charge in [0.2, 0.25) is 0 Å². The average molecular weight is 302 g/mol. The molecule has 22 heavy (non-hydrogen) atoms. The zero-order chi connectivity index (χ0) is 15.5. The molecule has 2 aromatic rings. The number of aromatic amines is 1. The molecule has 1 amide bonds. The molecule has 1 fully saturated rings. The molecule has 0 aliphatic carbocycles. The summed E-state index contributed by atoms with van der Waals surface area (Å²) in [5, 5.41) is 3.94. The third-order valence-electron chi connectivity index (χ3n) is 4.00. The van der Waals surface area contributed by atoms with E-state index in [1.165, 1.54) is 0 Å². The molecule has 2 aromatic heterocycles. The summed E-state index contributed by atoms with van der Waals surface area (Å²) in [6.07, 6.45) is 6.41. The smallest absolute Gasteiger partial charge is 0.276 e. The van der Waals surface area contributed by atoms with Gasteiger partial charge < -0.3 is 14.4 Å². The van der Waals surface area contributed by atoms with Gasteiger partial charge in [-0.05, 0) is 18.8 Å². The van der Waals surface area contributed by atoms with Crippen LogP contribution in [-0.2, 0) is 6.42 Å². The minimum absolute atomic E-state index is 0.0463. The molecule has 1 N–H and O–H groups in total. The zero-order valence-corrected chi connectivity index (χ0v) is 13.1. The molecule has 3 heterocycles. The van der Waals surface area contributed by atoms with E-state index >= 15 is 0 Å². The molecular formula is C16H22N4O2. The van der Waals surface area contributed by atoms with E-state index < -0.39 is 0 Å². The number of aromatic nitrogens is 3. The number of hydrogen-bond acceptors (Lipinski definition) is 4. The average Bonchev–Trinajstić information content (AvgIpc) is 3.17. The molecular weight excluding hydrogens is 280 g/mol. The fourth-order valence-electron chi connectivity index (χ4n) is 2.96. The van der Waals surface area contributed by atoms with Crippen LogP contribution in [0.1, 0.15) is 54.7 Å². The molecule has 0 bridgehead atoms. The first kappa shape index (κ1) is 14.8. The molecule has 0 radical (unpaired) electrons. The molecule has 3 rings (SSSR count). The monoisotopic (exact) mass is 302 g/mol. The number of nitrogens with zero attached hydrogens (tertiary/aromatic N) is 3. The van der Waals surface area contributed by atoms with Crippen LogP contribution in [0, 0.1) is 5.92 Å². The number of likely N-dealkylation sites (tertiary alicyclic amines) is 1. The van der Waals surface area contributed by atoms with Gasteiger partial charge in [0, 0.05) is 43.9 Å². The highest BCUT2D eigenvalue weighted by atomic mass is 16.5. The van der Waals surface area contributed by atoms with E-state index in [1.807, 2.05) is 11.1 Å². The summed E-state index contributed by atoms with van der Waals surface area (Å²) in [5.41, 5.74) is 0.413. The Balaban J connectivity index is 1.67. The first-order valence-electron chi connectivity index (χ1n) is 7.87. The number of nitrogens with one attached hydrogen (secondary N) is 1. The van der Waals surface area contributed by atoms with E-state index in [9.17, 15) is 4.79 Å². The fourth-order valence-corrected chi connectivity index (χ4v) is 2.96. The predicted molar refractivity (Wildman–Crippen MR) is 81.5 cm³/mol. The molecule has 1 saturated heterocycles. The lowest BCUT2D eigenvalue weighted by Crippen LogP contribution is -2.39. The van der Waals surface area contributed by atoms with Crippen LogP contribution in [-0.4, -0.2) is 39.0 Å². The number of carbonyl (C=O) groups excluding carboxylic acids is 1. The predicted octanol–water partition coefficient (Wildman–Crippen LogP) is 2.62. The van der Waals surface area contributed by atoms with Crippen LogP contribution in [0.3, 0.4) is 0 Å². The third kappa shape index (κ3) is 3.21. The highest BCUT2D eigenvalue weighted by Gasteiger charge is 2.28. The van der Waals surface area contributed by atoms with Gasteiger partial charge in [0.25, 0.3) is 5.91 Å². The van der Waals surface area contributed by atoms with E-state index in [-0.39, 0.29) is 11.8 Å². The largest absolute Gasteiger partial charge is 0.361 e. The summed E-state index contributed by atoms with van der Waals surface area (Å²) in [6.45, 7) is 5.67. The Morgan fingerprint density at radius 1 is 1.55 bits per heavy atom. The first-order chi connectivity index (χ1) is 10.6. The molecule has 0 saturated carbocycles. The number of amides is 1. The van der Waals surface area contributed by atoms with Crippen molar-refractivity contribution in [3.8, 4) is 0 Å². The van der Waals surface area contributed by atoms with Gasteiger partial charge in [-0.25, -0.2) is 4.98 Å². The second kappa shape index (κ2) is 6.34. The van der Waals surface area contributed by atoms with Gasteiger partial charge in [-0.3, -0.25) is 4.79 Å². The quantitative estimate of drug-likeness (QED) is 0.942. The lowest BCUT2D eigenvalue weighted by Gasteiger charge is -2.31. The number of piperidine rings is 1. The Bertz CT molecular complexity index is 618. The summed E-state index contributed by atoms with van der Waals surface area (Å²) >= 11 is 0. The Hall–Kier alpha value is -2.11. The fraction of sp³-hybridized carbons (Fsp3) is 0.562. The van der Waals surface area contributed by atoms with Crippen molar-refractivity contribution in [3.63, 3.8) is 0 Å². The number of rotatable bonds is 4. The molecule has 1 atom stereocenters. The van der Waals surface area contributed by atoms with E-state index in [0.717, 1.165) is 37.4 Å². The SMILES string of the molecule is CC(C)Cc1cc(C(=O)N2CCC[C@@H](c3ncc[nH]3)C2)no1. The summed E-state index contributed by atoms with van der Waals surface area (Å²) in [5.74, 6) is 2.44. The second-order valence-electron chi connectivity index (χ2n) is 6.34. The summed E-state index contributed by atoms with van der Waals surface area (Å²) in [6, 6.07) is 1.78. The van der Waals surface area contributed by atoms with Crippen molar-refractivity contribution in [1.82, 2.24) is 20.0 Å². The van der Waals surface area contributed by atoms with Crippen LogP contribution >= 0.6 is 0 Å². The van der Waals surface area contributed by atoms with Crippen molar-refractivity contribution in [2.24, 2.45) is 5.92 Å². The second-order valence-corrected chi connectivity index (χ2v) is 6.34. The Morgan fingerprint density at radius 2 is 2.41 bits per heavy atom. The van der Waals surface area contributed by atoms with E-state index in [2.05, 4.69) is 29.0 Å². The van der Waals surface area contributed by atoms with Crippen LogP contribution in [0.2, 0.25) is 0 Å². The highest BCUT2D eigenvalue weighted by molar-refractivity contribution is 5.92. The van der Waals surface area contributed by atoms with Gasteiger partial charge >= 0.3 is 0 Å². The van der Waals surface area contributed by atoms with Gasteiger partial charge in [-0.2, -0.15) is 0 Å². The number of carbonyl (C=O) groups is 1. The van der Waals surface area contributed by atoms with Crippen molar-refractivity contribution in [2.45, 2.75) is 39.0 Å². The van der Waals surface area contributed by atoms with E-state index in [0.29, 0.717) is 18.2 Å². The molecule has 0 unspecified atom stereocenters. The topological polar surface area (TPSA) is 75.0 Å². The van der Waals surface area contributed by atoms with Gasteiger partial charge in [0.1, 0.15) is 11.6 Å². The van der Waals surface area contributed by atoms with Crippen LogP contribution < -0.4 is 0 Å². The molecule has 0 spiro atoms. The number of imidazole rings is 1. The Kier molecular flexibility index (Phi) is 4.27. The van der Waals surface area contributed by atoms with Gasteiger partial charge in [-0.1, -0.05) is 19.0 Å². The maximum atomic E-state index is 12.6. The van der Waals surface area contributed by atoms with Gasteiger partial charge in [0.15, 0.2) is 5.69 Å². The van der Waals surface area contributed by atoms with Crippen LogP contribution in [0.15, 0.2) is 23.0 Å². The van der Waals surface area contributed by atoms with Crippen LogP contribution in [0.25, 0.3) is 0 Å². The Morgan fingerprint density at radius 3 is 3.14 bits per heavy atom. The lowest BCUT2D eigenvalue weighted by atomic mass is 9.97. The highest BCUT2D eigenvalue weighted by Crippen LogP contribution is 2.25. The lowest BCUT2D eigenvalue weighted by molar-refractivity contribution is 0.0694. The summed E-state index contributed by atoms with van der Waals surface area (Å²) in [4.78, 5) is 21.9. The van der Waals surface area contributed by atoms with E-state index in [1.54, 1.807) is 12.3 Å². The van der Waals surface area contributed by atoms with E-state index in [4.69, 9.17) is 4.52 Å². The van der Waals surface area contributed by atoms with Crippen molar-refractivity contribution in [1.29, 1.82) is 0 Å². The normalized spacial score (nSPS) is 18.9. The minimum atomic E-state index is -0.0463. The Labute approximate surface area is 129 Å². The van der Waals surface area contributed by atoms with Crippen molar-refractivity contribution >= 4 is 5.91 Å². The summed E-state index contributed by atoms with van der Waals surface area (Å²) in [7, 11) is 0. The molecule has 118 valence electrons. The molecule has 6 nitrogen and oxygen atoms in total. The summed E-state index contributed by atoms with van der Waals surface area (Å²) < 4.78 is 5.27. The van der Waals surface area contributed by atoms with Gasteiger partial charge in [-0.15, -0.1) is 0 Å². The van der Waals surface area contributed by atoms with Crippen molar-refractivity contribution in [3.05, 3.63) is 35.7 Å². The number of H-pyrrole nitrogens is 1. The molecule has 1 aliphatic heterocycles. The third-order valence-corrected chi connectivity index (χ3v) is 4.00. The molecule has 1 aliphatic rings. The minimum Gasteiger partial charge on any atom is -0.361 e. The molecule has 6 heteroatoms. The van der Waals surface area contributed by atoms with Crippen LogP contribution in [0.4, 0.5) is 0 Å². The maximum Gasteiger partial charge on any atom is 0.276 e.